The van der Waals surface area contributed by atoms with E-state index in [0.717, 1.165) is 22.3 Å². The summed E-state index contributed by atoms with van der Waals surface area (Å²) in [6.07, 6.45) is 0. The summed E-state index contributed by atoms with van der Waals surface area (Å²) in [7, 11) is -3.61. The second-order valence-corrected chi connectivity index (χ2v) is 8.37. The van der Waals surface area contributed by atoms with Crippen molar-refractivity contribution in [1.29, 1.82) is 0 Å². The molecule has 5 heteroatoms. The van der Waals surface area contributed by atoms with Crippen LogP contribution in [-0.4, -0.2) is 12.7 Å². The quantitative estimate of drug-likeness (QED) is 0.670. The number of nitrogens with zero attached hydrogens (tertiary/aromatic N) is 1. The molecular formula is C20H16ClNO2S. The summed E-state index contributed by atoms with van der Waals surface area (Å²) in [6.45, 7) is 0.738. The van der Waals surface area contributed by atoms with Crippen LogP contribution in [0.2, 0.25) is 5.02 Å². The zero-order valence-electron chi connectivity index (χ0n) is 13.4. The second-order valence-electron chi connectivity index (χ2n) is 6.05. The molecule has 0 aromatic heterocycles. The highest BCUT2D eigenvalue weighted by Crippen LogP contribution is 2.33. The lowest BCUT2D eigenvalue weighted by atomic mass is 10.0. The number of hydrogen-bond donors (Lipinski definition) is 0. The largest absolute Gasteiger partial charge is 0.245 e. The van der Waals surface area contributed by atoms with Gasteiger partial charge in [-0.3, -0.25) is 0 Å². The molecule has 0 N–H and O–H groups in total. The van der Waals surface area contributed by atoms with Gasteiger partial charge in [-0.05, 0) is 40.5 Å². The fourth-order valence-electron chi connectivity index (χ4n) is 3.14. The van der Waals surface area contributed by atoms with Gasteiger partial charge in [0.1, 0.15) is 4.90 Å². The summed E-state index contributed by atoms with van der Waals surface area (Å²) in [5.74, 6) is 0. The summed E-state index contributed by atoms with van der Waals surface area (Å²) in [6, 6.07) is 22.8. The van der Waals surface area contributed by atoms with Crippen LogP contribution in [0.3, 0.4) is 0 Å². The lowest BCUT2D eigenvalue weighted by Gasteiger charge is -2.16. The molecule has 0 saturated heterocycles. The SMILES string of the molecule is O=S(=O)(c1ccccc1Cl)N1Cc2ccc(-c3ccccc3)cc2C1. The molecule has 0 spiro atoms. The average Bonchev–Trinajstić information content (AvgIpc) is 3.07. The molecule has 3 aromatic rings. The van der Waals surface area contributed by atoms with Crippen molar-refractivity contribution in [3.63, 3.8) is 0 Å². The lowest BCUT2D eigenvalue weighted by Crippen LogP contribution is -2.25. The highest BCUT2D eigenvalue weighted by molar-refractivity contribution is 7.89. The van der Waals surface area contributed by atoms with Crippen LogP contribution in [0.25, 0.3) is 11.1 Å². The highest BCUT2D eigenvalue weighted by Gasteiger charge is 2.31. The third-order valence-electron chi connectivity index (χ3n) is 4.46. The number of rotatable bonds is 3. The second kappa shape index (κ2) is 6.30. The maximum atomic E-state index is 12.9. The zero-order chi connectivity index (χ0) is 17.4. The minimum absolute atomic E-state index is 0.160. The van der Waals surface area contributed by atoms with Crippen molar-refractivity contribution in [3.05, 3.63) is 88.9 Å². The number of sulfonamides is 1. The van der Waals surface area contributed by atoms with Gasteiger partial charge in [-0.1, -0.05) is 66.2 Å². The summed E-state index contributed by atoms with van der Waals surface area (Å²) >= 11 is 6.10. The Kier molecular flexibility index (Phi) is 4.12. The third-order valence-corrected chi connectivity index (χ3v) is 6.75. The van der Waals surface area contributed by atoms with Gasteiger partial charge in [-0.25, -0.2) is 8.42 Å². The van der Waals surface area contributed by atoms with Crippen molar-refractivity contribution in [1.82, 2.24) is 4.31 Å². The Bertz CT molecular complexity index is 1030. The summed E-state index contributed by atoms with van der Waals surface area (Å²) < 4.78 is 27.3. The van der Waals surface area contributed by atoms with Gasteiger partial charge in [0.25, 0.3) is 0 Å². The monoisotopic (exact) mass is 369 g/mol. The molecule has 0 unspecified atom stereocenters. The van der Waals surface area contributed by atoms with Gasteiger partial charge in [-0.15, -0.1) is 0 Å². The fraction of sp³-hybridized carbons (Fsp3) is 0.100. The molecule has 25 heavy (non-hydrogen) atoms. The van der Waals surface area contributed by atoms with Crippen molar-refractivity contribution in [2.75, 3.05) is 0 Å². The Morgan fingerprint density at radius 1 is 0.760 bits per heavy atom. The molecule has 0 fully saturated rings. The third kappa shape index (κ3) is 2.97. The Morgan fingerprint density at radius 2 is 1.44 bits per heavy atom. The van der Waals surface area contributed by atoms with E-state index < -0.39 is 10.0 Å². The molecule has 0 amide bonds. The fourth-order valence-corrected chi connectivity index (χ4v) is 5.03. The molecule has 1 aliphatic heterocycles. The van der Waals surface area contributed by atoms with Gasteiger partial charge >= 0.3 is 0 Å². The van der Waals surface area contributed by atoms with Crippen LogP contribution >= 0.6 is 11.6 Å². The molecule has 0 aliphatic carbocycles. The van der Waals surface area contributed by atoms with Gasteiger partial charge in [0.2, 0.25) is 10.0 Å². The normalized spacial score (nSPS) is 14.4. The van der Waals surface area contributed by atoms with E-state index in [1.807, 2.05) is 30.3 Å². The minimum atomic E-state index is -3.61. The van der Waals surface area contributed by atoms with E-state index in [2.05, 4.69) is 18.2 Å². The topological polar surface area (TPSA) is 37.4 Å². The van der Waals surface area contributed by atoms with E-state index >= 15 is 0 Å². The minimum Gasteiger partial charge on any atom is -0.207 e. The molecule has 3 nitrogen and oxygen atoms in total. The van der Waals surface area contributed by atoms with Crippen LogP contribution in [0, 0.1) is 0 Å². The molecule has 0 saturated carbocycles. The van der Waals surface area contributed by atoms with Gasteiger partial charge in [-0.2, -0.15) is 4.31 Å². The number of fused-ring (bicyclic) bond motifs is 1. The predicted molar refractivity (Wildman–Crippen MR) is 99.8 cm³/mol. The summed E-state index contributed by atoms with van der Waals surface area (Å²) in [4.78, 5) is 0.160. The van der Waals surface area contributed by atoms with Crippen LogP contribution in [-0.2, 0) is 23.1 Å². The van der Waals surface area contributed by atoms with Crippen molar-refractivity contribution < 1.29 is 8.42 Å². The van der Waals surface area contributed by atoms with E-state index in [4.69, 9.17) is 11.6 Å². The van der Waals surface area contributed by atoms with Gasteiger partial charge in [0, 0.05) is 13.1 Å². The maximum absolute atomic E-state index is 12.9. The van der Waals surface area contributed by atoms with E-state index in [1.165, 1.54) is 4.31 Å². The van der Waals surface area contributed by atoms with Crippen LogP contribution in [0.1, 0.15) is 11.1 Å². The van der Waals surface area contributed by atoms with Crippen molar-refractivity contribution in [2.45, 2.75) is 18.0 Å². The number of hydrogen-bond acceptors (Lipinski definition) is 2. The molecule has 0 bridgehead atoms. The van der Waals surface area contributed by atoms with Crippen molar-refractivity contribution >= 4 is 21.6 Å². The van der Waals surface area contributed by atoms with Crippen LogP contribution in [0.15, 0.2) is 77.7 Å². The molecule has 0 radical (unpaired) electrons. The molecule has 1 aliphatic rings. The first-order chi connectivity index (χ1) is 12.1. The maximum Gasteiger partial charge on any atom is 0.245 e. The van der Waals surface area contributed by atoms with E-state index in [0.29, 0.717) is 13.1 Å². The van der Waals surface area contributed by atoms with Crippen LogP contribution < -0.4 is 0 Å². The van der Waals surface area contributed by atoms with Gasteiger partial charge in [0.05, 0.1) is 5.02 Å². The predicted octanol–water partition coefficient (Wildman–Crippen LogP) is 4.71. The molecule has 126 valence electrons. The molecular weight excluding hydrogens is 354 g/mol. The average molecular weight is 370 g/mol. The van der Waals surface area contributed by atoms with Gasteiger partial charge in [0.15, 0.2) is 0 Å². The standard InChI is InChI=1S/C20H16ClNO2S/c21-19-8-4-5-9-20(19)25(23,24)22-13-17-11-10-16(12-18(17)14-22)15-6-2-1-3-7-15/h1-12H,13-14H2. The Labute approximate surface area is 152 Å². The smallest absolute Gasteiger partial charge is 0.207 e. The van der Waals surface area contributed by atoms with E-state index in [-0.39, 0.29) is 9.92 Å². The van der Waals surface area contributed by atoms with E-state index in [1.54, 1.807) is 24.3 Å². The highest BCUT2D eigenvalue weighted by atomic mass is 35.5. The first-order valence-electron chi connectivity index (χ1n) is 7.97. The Morgan fingerprint density at radius 3 is 2.20 bits per heavy atom. The van der Waals surface area contributed by atoms with Crippen molar-refractivity contribution in [2.24, 2.45) is 0 Å². The zero-order valence-corrected chi connectivity index (χ0v) is 15.0. The number of halogens is 1. The van der Waals surface area contributed by atoms with Crippen LogP contribution in [0.5, 0.6) is 0 Å². The molecule has 1 heterocycles. The van der Waals surface area contributed by atoms with Gasteiger partial charge < -0.3 is 0 Å². The number of benzene rings is 3. The summed E-state index contributed by atoms with van der Waals surface area (Å²) in [5, 5.41) is 0.253. The molecule has 0 atom stereocenters. The Hall–Kier alpha value is -2.14. The molecule has 3 aromatic carbocycles. The first-order valence-corrected chi connectivity index (χ1v) is 9.79. The van der Waals surface area contributed by atoms with E-state index in [9.17, 15) is 8.42 Å². The Balaban J connectivity index is 1.67. The lowest BCUT2D eigenvalue weighted by molar-refractivity contribution is 0.431. The van der Waals surface area contributed by atoms with Crippen LogP contribution in [0.4, 0.5) is 0 Å². The van der Waals surface area contributed by atoms with Crippen molar-refractivity contribution in [3.8, 4) is 11.1 Å². The molecule has 4 rings (SSSR count). The first kappa shape index (κ1) is 16.3. The summed E-state index contributed by atoms with van der Waals surface area (Å²) in [5.41, 5.74) is 4.29.